The number of nitrogens with one attached hydrogen (secondary N) is 1. The summed E-state index contributed by atoms with van der Waals surface area (Å²) in [4.78, 5) is 12.4. The van der Waals surface area contributed by atoms with E-state index in [0.717, 1.165) is 9.87 Å². The summed E-state index contributed by atoms with van der Waals surface area (Å²) >= 11 is 0. The van der Waals surface area contributed by atoms with Crippen LogP contribution in [0.3, 0.4) is 0 Å². The minimum atomic E-state index is -3.81. The van der Waals surface area contributed by atoms with Gasteiger partial charge in [0.2, 0.25) is 15.9 Å². The van der Waals surface area contributed by atoms with Gasteiger partial charge in [-0.2, -0.15) is 9.57 Å². The van der Waals surface area contributed by atoms with Crippen LogP contribution in [0.4, 0.5) is 0 Å². The Morgan fingerprint density at radius 1 is 1.04 bits per heavy atom. The van der Waals surface area contributed by atoms with E-state index in [1.807, 2.05) is 37.3 Å². The van der Waals surface area contributed by atoms with E-state index < -0.39 is 10.0 Å². The number of amides is 1. The van der Waals surface area contributed by atoms with Crippen molar-refractivity contribution in [2.75, 3.05) is 13.6 Å². The molecule has 0 saturated heterocycles. The third kappa shape index (κ3) is 5.18. The van der Waals surface area contributed by atoms with E-state index in [-0.39, 0.29) is 23.4 Å². The lowest BCUT2D eigenvalue weighted by Gasteiger charge is -2.20. The van der Waals surface area contributed by atoms with Gasteiger partial charge >= 0.3 is 0 Å². The number of nitriles is 1. The van der Waals surface area contributed by atoms with Crippen molar-refractivity contribution in [2.45, 2.75) is 37.6 Å². The molecule has 0 radical (unpaired) electrons. The standard InChI is InChI=1S/C21H25N3O3S/c1-15(2)18-7-9-19(10-8-18)16(3)23-21(25)14-24(4)28(26,27)20-11-5-17(13-22)6-12-20/h5-12,15-16H,14H2,1-4H3,(H,23,25)/t16-/m0/s1. The van der Waals surface area contributed by atoms with Crippen LogP contribution >= 0.6 is 0 Å². The van der Waals surface area contributed by atoms with E-state index in [1.54, 1.807) is 0 Å². The Morgan fingerprint density at radius 2 is 1.57 bits per heavy atom. The van der Waals surface area contributed by atoms with Crippen LogP contribution in [0.25, 0.3) is 0 Å². The van der Waals surface area contributed by atoms with Gasteiger partial charge in [-0.1, -0.05) is 38.1 Å². The van der Waals surface area contributed by atoms with Gasteiger partial charge in [-0.15, -0.1) is 0 Å². The monoisotopic (exact) mass is 399 g/mol. The van der Waals surface area contributed by atoms with E-state index in [9.17, 15) is 13.2 Å². The molecule has 2 rings (SSSR count). The largest absolute Gasteiger partial charge is 0.348 e. The van der Waals surface area contributed by atoms with Gasteiger partial charge in [0.25, 0.3) is 0 Å². The van der Waals surface area contributed by atoms with Crippen LogP contribution in [-0.2, 0) is 14.8 Å². The highest BCUT2D eigenvalue weighted by Crippen LogP contribution is 2.19. The second kappa shape index (κ2) is 9.00. The minimum absolute atomic E-state index is 0.0409. The SMILES string of the molecule is CC(C)c1ccc([C@H](C)NC(=O)CN(C)S(=O)(=O)c2ccc(C#N)cc2)cc1. The van der Waals surface area contributed by atoms with Crippen LogP contribution in [0.2, 0.25) is 0 Å². The zero-order valence-electron chi connectivity index (χ0n) is 16.5. The van der Waals surface area contributed by atoms with Gasteiger partial charge in [0, 0.05) is 7.05 Å². The maximum absolute atomic E-state index is 12.6. The summed E-state index contributed by atoms with van der Waals surface area (Å²) < 4.78 is 26.2. The highest BCUT2D eigenvalue weighted by molar-refractivity contribution is 7.89. The third-order valence-electron chi connectivity index (χ3n) is 4.54. The topological polar surface area (TPSA) is 90.3 Å². The first-order chi connectivity index (χ1) is 13.1. The molecule has 0 aliphatic heterocycles. The number of hydrogen-bond acceptors (Lipinski definition) is 4. The van der Waals surface area contributed by atoms with Crippen LogP contribution < -0.4 is 5.32 Å². The molecule has 0 saturated carbocycles. The Kier molecular flexibility index (Phi) is 6.95. The molecule has 148 valence electrons. The fourth-order valence-corrected chi connectivity index (χ4v) is 3.84. The molecule has 28 heavy (non-hydrogen) atoms. The van der Waals surface area contributed by atoms with Crippen LogP contribution in [-0.4, -0.2) is 32.2 Å². The normalized spacial score (nSPS) is 12.6. The lowest BCUT2D eigenvalue weighted by Crippen LogP contribution is -2.39. The highest BCUT2D eigenvalue weighted by atomic mass is 32.2. The first-order valence-corrected chi connectivity index (χ1v) is 10.4. The van der Waals surface area contributed by atoms with Crippen molar-refractivity contribution in [1.82, 2.24) is 9.62 Å². The maximum Gasteiger partial charge on any atom is 0.243 e. The first-order valence-electron chi connectivity index (χ1n) is 9.01. The van der Waals surface area contributed by atoms with E-state index >= 15 is 0 Å². The van der Waals surface area contributed by atoms with Crippen LogP contribution in [0.15, 0.2) is 53.4 Å². The molecule has 0 heterocycles. The Labute approximate surface area is 166 Å². The zero-order valence-corrected chi connectivity index (χ0v) is 17.3. The molecule has 6 nitrogen and oxygen atoms in total. The Morgan fingerprint density at radius 3 is 2.07 bits per heavy atom. The number of likely N-dealkylation sites (N-methyl/N-ethyl adjacent to an activating group) is 1. The minimum Gasteiger partial charge on any atom is -0.348 e. The number of carbonyl (C=O) groups is 1. The van der Waals surface area contributed by atoms with Gasteiger partial charge in [0.15, 0.2) is 0 Å². The van der Waals surface area contributed by atoms with Crippen molar-refractivity contribution in [1.29, 1.82) is 5.26 Å². The maximum atomic E-state index is 12.6. The quantitative estimate of drug-likeness (QED) is 0.774. The molecule has 1 atom stereocenters. The van der Waals surface area contributed by atoms with Crippen molar-refractivity contribution >= 4 is 15.9 Å². The van der Waals surface area contributed by atoms with Crippen molar-refractivity contribution in [3.63, 3.8) is 0 Å². The lowest BCUT2D eigenvalue weighted by atomic mass is 9.99. The predicted octanol–water partition coefficient (Wildman–Crippen LogP) is 3.18. The van der Waals surface area contributed by atoms with E-state index in [1.165, 1.54) is 36.9 Å². The van der Waals surface area contributed by atoms with Crippen molar-refractivity contribution in [2.24, 2.45) is 0 Å². The Balaban J connectivity index is 2.01. The number of rotatable bonds is 7. The summed E-state index contributed by atoms with van der Waals surface area (Å²) in [5, 5.41) is 11.6. The van der Waals surface area contributed by atoms with Gasteiger partial charge in [0.1, 0.15) is 0 Å². The number of benzene rings is 2. The van der Waals surface area contributed by atoms with Gasteiger partial charge in [-0.3, -0.25) is 4.79 Å². The summed E-state index contributed by atoms with van der Waals surface area (Å²) in [5.74, 6) is 0.0418. The smallest absolute Gasteiger partial charge is 0.243 e. The third-order valence-corrected chi connectivity index (χ3v) is 6.36. The summed E-state index contributed by atoms with van der Waals surface area (Å²) in [6, 6.07) is 15.3. The second-order valence-electron chi connectivity index (χ2n) is 7.01. The molecule has 1 amide bonds. The molecule has 0 unspecified atom stereocenters. The molecule has 0 aliphatic rings. The molecule has 0 bridgehead atoms. The van der Waals surface area contributed by atoms with Gasteiger partial charge in [-0.05, 0) is 48.2 Å². The van der Waals surface area contributed by atoms with E-state index in [0.29, 0.717) is 11.5 Å². The molecule has 2 aromatic carbocycles. The first kappa shape index (κ1) is 21.6. The molecule has 1 N–H and O–H groups in total. The Bertz CT molecular complexity index is 959. The zero-order chi connectivity index (χ0) is 20.9. The molecular formula is C21H25N3O3S. The average Bonchev–Trinajstić information content (AvgIpc) is 2.67. The van der Waals surface area contributed by atoms with E-state index in [2.05, 4.69) is 19.2 Å². The molecule has 0 fully saturated rings. The van der Waals surface area contributed by atoms with Gasteiger partial charge in [-0.25, -0.2) is 8.42 Å². The molecule has 0 aliphatic carbocycles. The predicted molar refractivity (Wildman–Crippen MR) is 108 cm³/mol. The van der Waals surface area contributed by atoms with Gasteiger partial charge < -0.3 is 5.32 Å². The fraction of sp³-hybridized carbons (Fsp3) is 0.333. The lowest BCUT2D eigenvalue weighted by molar-refractivity contribution is -0.121. The summed E-state index contributed by atoms with van der Waals surface area (Å²) in [6.45, 7) is 5.79. The second-order valence-corrected chi connectivity index (χ2v) is 9.05. The Hall–Kier alpha value is -2.69. The molecule has 0 spiro atoms. The molecular weight excluding hydrogens is 374 g/mol. The van der Waals surface area contributed by atoms with Gasteiger partial charge in [0.05, 0.1) is 29.1 Å². The summed E-state index contributed by atoms with van der Waals surface area (Å²) in [6.07, 6.45) is 0. The molecule has 2 aromatic rings. The number of sulfonamides is 1. The van der Waals surface area contributed by atoms with Crippen LogP contribution in [0.1, 0.15) is 49.4 Å². The highest BCUT2D eigenvalue weighted by Gasteiger charge is 2.23. The van der Waals surface area contributed by atoms with Crippen molar-refractivity contribution < 1.29 is 13.2 Å². The van der Waals surface area contributed by atoms with Crippen molar-refractivity contribution in [3.8, 4) is 6.07 Å². The summed E-state index contributed by atoms with van der Waals surface area (Å²) in [5.41, 5.74) is 2.54. The number of nitrogens with zero attached hydrogens (tertiary/aromatic N) is 2. The average molecular weight is 400 g/mol. The van der Waals surface area contributed by atoms with Crippen LogP contribution in [0, 0.1) is 11.3 Å². The molecule has 7 heteroatoms. The number of carbonyl (C=O) groups excluding carboxylic acids is 1. The van der Waals surface area contributed by atoms with E-state index in [4.69, 9.17) is 5.26 Å². The summed E-state index contributed by atoms with van der Waals surface area (Å²) in [7, 11) is -2.46. The molecule has 0 aromatic heterocycles. The number of hydrogen-bond donors (Lipinski definition) is 1. The fourth-order valence-electron chi connectivity index (χ4n) is 2.71. The van der Waals surface area contributed by atoms with Crippen LogP contribution in [0.5, 0.6) is 0 Å². The van der Waals surface area contributed by atoms with Crippen molar-refractivity contribution in [3.05, 3.63) is 65.2 Å².